The van der Waals surface area contributed by atoms with Crippen molar-refractivity contribution < 1.29 is 38.1 Å². The molecule has 0 fully saturated rings. The maximum absolute atomic E-state index is 12.7. The zero-order valence-electron chi connectivity index (χ0n) is 27.4. The summed E-state index contributed by atoms with van der Waals surface area (Å²) in [6.45, 7) is 4.13. The van der Waals surface area contributed by atoms with Crippen molar-refractivity contribution in [2.24, 2.45) is 0 Å². The molecule has 0 unspecified atom stereocenters. The van der Waals surface area contributed by atoms with Gasteiger partial charge in [-0.1, -0.05) is 56.0 Å². The van der Waals surface area contributed by atoms with E-state index >= 15 is 0 Å². The summed E-state index contributed by atoms with van der Waals surface area (Å²) in [5.74, 6) is 0.879. The van der Waals surface area contributed by atoms with E-state index in [1.165, 1.54) is 19.3 Å². The van der Waals surface area contributed by atoms with Crippen LogP contribution in [0.2, 0.25) is 0 Å². The highest BCUT2D eigenvalue weighted by molar-refractivity contribution is 5.92. The highest BCUT2D eigenvalue weighted by Crippen LogP contribution is 2.26. The van der Waals surface area contributed by atoms with Crippen LogP contribution < -0.4 is 18.9 Å². The number of carbonyl (C=O) groups is 3. The predicted molar refractivity (Wildman–Crippen MR) is 185 cm³/mol. The fourth-order valence-electron chi connectivity index (χ4n) is 4.83. The van der Waals surface area contributed by atoms with Crippen molar-refractivity contribution >= 4 is 17.9 Å². The number of benzene rings is 4. The Labute approximate surface area is 282 Å². The number of allylic oxidation sites excluding steroid dienone is 1. The van der Waals surface area contributed by atoms with Crippen LogP contribution in [0.25, 0.3) is 11.1 Å². The lowest BCUT2D eigenvalue weighted by atomic mass is 10.1. The summed E-state index contributed by atoms with van der Waals surface area (Å²) in [6, 6.07) is 27.6. The molecule has 0 aliphatic heterocycles. The molecule has 0 atom stereocenters. The van der Waals surface area contributed by atoms with Gasteiger partial charge in [0.25, 0.3) is 0 Å². The van der Waals surface area contributed by atoms with Gasteiger partial charge in [0.1, 0.15) is 36.2 Å². The quantitative estimate of drug-likeness (QED) is 0.0429. The number of hydrogen-bond acceptors (Lipinski definition) is 8. The van der Waals surface area contributed by atoms with Gasteiger partial charge >= 0.3 is 17.9 Å². The Balaban J connectivity index is 1.14. The molecule has 0 aliphatic carbocycles. The molecule has 0 saturated carbocycles. The molecular weight excluding hydrogens is 608 g/mol. The van der Waals surface area contributed by atoms with E-state index < -0.39 is 11.9 Å². The second kappa shape index (κ2) is 19.3. The normalized spacial score (nSPS) is 10.5. The average molecular weight is 651 g/mol. The third-order valence-corrected chi connectivity index (χ3v) is 7.53. The average Bonchev–Trinajstić information content (AvgIpc) is 3.12. The smallest absolute Gasteiger partial charge is 0.343 e. The fourth-order valence-corrected chi connectivity index (χ4v) is 4.83. The third kappa shape index (κ3) is 11.8. The molecule has 4 rings (SSSR count). The molecular formula is C40H42O8. The van der Waals surface area contributed by atoms with Crippen LogP contribution in [0.3, 0.4) is 0 Å². The van der Waals surface area contributed by atoms with Crippen LogP contribution >= 0.6 is 0 Å². The van der Waals surface area contributed by atoms with Crippen LogP contribution in [-0.2, 0) is 9.53 Å². The Hall–Kier alpha value is -5.37. The molecule has 250 valence electrons. The van der Waals surface area contributed by atoms with Crippen LogP contribution in [0, 0.1) is 0 Å². The largest absolute Gasteiger partial charge is 0.497 e. The Morgan fingerprint density at radius 3 is 1.52 bits per heavy atom. The Bertz CT molecular complexity index is 1590. The summed E-state index contributed by atoms with van der Waals surface area (Å²) in [4.78, 5) is 37.0. The van der Waals surface area contributed by atoms with Crippen LogP contribution in [-0.4, -0.2) is 38.2 Å². The van der Waals surface area contributed by atoms with Gasteiger partial charge in [0.2, 0.25) is 0 Å². The number of esters is 3. The highest BCUT2D eigenvalue weighted by Gasteiger charge is 2.11. The number of hydrogen-bond donors (Lipinski definition) is 0. The molecule has 0 radical (unpaired) electrons. The van der Waals surface area contributed by atoms with Gasteiger partial charge in [-0.25, -0.2) is 9.59 Å². The Kier molecular flexibility index (Phi) is 14.3. The number of unbranched alkanes of at least 4 members (excludes halogenated alkanes) is 6. The second-order valence-electron chi connectivity index (χ2n) is 11.1. The summed E-state index contributed by atoms with van der Waals surface area (Å²) in [5, 5.41) is 0. The Morgan fingerprint density at radius 1 is 0.562 bits per heavy atom. The summed E-state index contributed by atoms with van der Waals surface area (Å²) in [6.07, 6.45) is 10.0. The van der Waals surface area contributed by atoms with Gasteiger partial charge in [-0.15, -0.1) is 6.58 Å². The molecule has 48 heavy (non-hydrogen) atoms. The van der Waals surface area contributed by atoms with E-state index in [9.17, 15) is 14.4 Å². The monoisotopic (exact) mass is 650 g/mol. The maximum Gasteiger partial charge on any atom is 0.343 e. The molecule has 0 aliphatic rings. The van der Waals surface area contributed by atoms with Crippen molar-refractivity contribution in [2.45, 2.75) is 51.4 Å². The summed E-state index contributed by atoms with van der Waals surface area (Å²) >= 11 is 0. The lowest BCUT2D eigenvalue weighted by molar-refractivity contribution is -0.144. The van der Waals surface area contributed by atoms with E-state index in [2.05, 4.69) is 6.58 Å². The van der Waals surface area contributed by atoms with E-state index in [1.807, 2.05) is 30.3 Å². The van der Waals surface area contributed by atoms with Gasteiger partial charge in [-0.2, -0.15) is 0 Å². The van der Waals surface area contributed by atoms with E-state index in [4.69, 9.17) is 23.7 Å². The second-order valence-corrected chi connectivity index (χ2v) is 11.1. The number of rotatable bonds is 19. The first kappa shape index (κ1) is 35.5. The lowest BCUT2D eigenvalue weighted by Crippen LogP contribution is -2.12. The molecule has 4 aromatic rings. The van der Waals surface area contributed by atoms with Crippen molar-refractivity contribution in [1.29, 1.82) is 0 Å². The molecule has 0 N–H and O–H groups in total. The van der Waals surface area contributed by atoms with Crippen LogP contribution in [0.5, 0.6) is 23.0 Å². The van der Waals surface area contributed by atoms with E-state index in [0.717, 1.165) is 36.8 Å². The number of carbonyl (C=O) groups excluding carboxylic acids is 3. The topological polar surface area (TPSA) is 97.4 Å². The van der Waals surface area contributed by atoms with E-state index in [-0.39, 0.29) is 19.2 Å². The van der Waals surface area contributed by atoms with Crippen molar-refractivity contribution in [2.75, 3.05) is 20.3 Å². The maximum atomic E-state index is 12.7. The number of ether oxygens (including phenoxy) is 5. The molecule has 0 spiro atoms. The van der Waals surface area contributed by atoms with Gasteiger partial charge in [0, 0.05) is 6.42 Å². The van der Waals surface area contributed by atoms with Gasteiger partial charge in [-0.3, -0.25) is 4.79 Å². The van der Waals surface area contributed by atoms with Crippen molar-refractivity contribution in [3.05, 3.63) is 121 Å². The number of methoxy groups -OCH3 is 1. The van der Waals surface area contributed by atoms with Crippen molar-refractivity contribution in [3.63, 3.8) is 0 Å². The molecule has 8 nitrogen and oxygen atoms in total. The van der Waals surface area contributed by atoms with E-state index in [1.54, 1.807) is 79.9 Å². The minimum absolute atomic E-state index is 0.169. The molecule has 0 saturated heterocycles. The summed E-state index contributed by atoms with van der Waals surface area (Å²) < 4.78 is 27.0. The van der Waals surface area contributed by atoms with Crippen LogP contribution in [0.15, 0.2) is 110 Å². The standard InChI is InChI=1S/C40H42O8/c1-3-4-5-6-7-8-9-10-11-38(41)46-29-28-45-35-22-18-33(19-23-35)40(43)48-37-26-14-31(15-27-37)30-12-24-36(25-13-30)47-39(42)32-16-20-34(44-2)21-17-32/h3,12-27H,1,4-11,28-29H2,2H3. The minimum atomic E-state index is -0.497. The molecule has 0 heterocycles. The first-order valence-electron chi connectivity index (χ1n) is 16.2. The Morgan fingerprint density at radius 2 is 1.02 bits per heavy atom. The lowest BCUT2D eigenvalue weighted by Gasteiger charge is -2.09. The molecule has 0 bridgehead atoms. The van der Waals surface area contributed by atoms with Crippen molar-refractivity contribution in [1.82, 2.24) is 0 Å². The van der Waals surface area contributed by atoms with Gasteiger partial charge < -0.3 is 23.7 Å². The zero-order valence-corrected chi connectivity index (χ0v) is 27.4. The van der Waals surface area contributed by atoms with Gasteiger partial charge in [0.05, 0.1) is 18.2 Å². The minimum Gasteiger partial charge on any atom is -0.497 e. The first-order valence-corrected chi connectivity index (χ1v) is 16.2. The zero-order chi connectivity index (χ0) is 34.0. The fraction of sp³-hybridized carbons (Fsp3) is 0.275. The van der Waals surface area contributed by atoms with Crippen molar-refractivity contribution in [3.8, 4) is 34.1 Å². The third-order valence-electron chi connectivity index (χ3n) is 7.53. The summed E-state index contributed by atoms with van der Waals surface area (Å²) in [5.41, 5.74) is 2.61. The molecule has 0 amide bonds. The van der Waals surface area contributed by atoms with Crippen LogP contribution in [0.1, 0.15) is 72.1 Å². The predicted octanol–water partition coefficient (Wildman–Crippen LogP) is 9.03. The molecule has 0 aromatic heterocycles. The van der Waals surface area contributed by atoms with Gasteiger partial charge in [0.15, 0.2) is 0 Å². The summed E-state index contributed by atoms with van der Waals surface area (Å²) in [7, 11) is 1.56. The molecule has 4 aromatic carbocycles. The molecule has 8 heteroatoms. The SMILES string of the molecule is C=CCCCCCCCCC(=O)OCCOc1ccc(C(=O)Oc2ccc(-c3ccc(OC(=O)c4ccc(OC)cc4)cc3)cc2)cc1. The highest BCUT2D eigenvalue weighted by atomic mass is 16.6. The van der Waals surface area contributed by atoms with Gasteiger partial charge in [-0.05, 0) is 103 Å². The first-order chi connectivity index (χ1) is 23.4. The van der Waals surface area contributed by atoms with E-state index in [0.29, 0.717) is 40.5 Å². The van der Waals surface area contributed by atoms with Crippen LogP contribution in [0.4, 0.5) is 0 Å².